The number of halogens is 1. The fraction of sp³-hybridized carbons (Fsp3) is 0.316. The van der Waals surface area contributed by atoms with Crippen molar-refractivity contribution in [2.45, 2.75) is 19.8 Å². The first-order chi connectivity index (χ1) is 12.1. The molecule has 0 unspecified atom stereocenters. The quantitative estimate of drug-likeness (QED) is 0.758. The molecule has 0 atom stereocenters. The molecule has 5 nitrogen and oxygen atoms in total. The second-order valence-electron chi connectivity index (χ2n) is 6.62. The van der Waals surface area contributed by atoms with Crippen LogP contribution in [0.2, 0.25) is 5.02 Å². The van der Waals surface area contributed by atoms with Crippen LogP contribution in [0.25, 0.3) is 22.2 Å². The van der Waals surface area contributed by atoms with Gasteiger partial charge in [-0.25, -0.2) is 4.98 Å². The van der Waals surface area contributed by atoms with Gasteiger partial charge in [0.15, 0.2) is 5.65 Å². The minimum absolute atomic E-state index is 0.156. The van der Waals surface area contributed by atoms with Crippen LogP contribution >= 0.6 is 11.6 Å². The van der Waals surface area contributed by atoms with Crippen molar-refractivity contribution in [2.24, 2.45) is 5.92 Å². The molecule has 1 saturated heterocycles. The maximum Gasteiger partial charge on any atom is 0.262 e. The molecule has 1 aliphatic rings. The van der Waals surface area contributed by atoms with E-state index in [0.717, 1.165) is 43.0 Å². The Balaban J connectivity index is 1.80. The third-order valence-electron chi connectivity index (χ3n) is 4.83. The van der Waals surface area contributed by atoms with E-state index in [-0.39, 0.29) is 5.56 Å². The van der Waals surface area contributed by atoms with Gasteiger partial charge < -0.3 is 4.90 Å². The fourth-order valence-corrected chi connectivity index (χ4v) is 3.42. The first-order valence-corrected chi connectivity index (χ1v) is 8.89. The fourth-order valence-electron chi connectivity index (χ4n) is 3.29. The molecular weight excluding hydrogens is 336 g/mol. The average Bonchev–Trinajstić information content (AvgIpc) is 2.62. The van der Waals surface area contributed by atoms with Gasteiger partial charge in [0.25, 0.3) is 5.56 Å². The highest BCUT2D eigenvalue weighted by molar-refractivity contribution is 6.30. The lowest BCUT2D eigenvalue weighted by molar-refractivity contribution is 0.434. The number of aromatic nitrogens is 3. The Bertz CT molecular complexity index is 959. The summed E-state index contributed by atoms with van der Waals surface area (Å²) in [6.45, 7) is 4.08. The van der Waals surface area contributed by atoms with Gasteiger partial charge in [-0.3, -0.25) is 9.78 Å². The van der Waals surface area contributed by atoms with Gasteiger partial charge in [-0.1, -0.05) is 30.7 Å². The van der Waals surface area contributed by atoms with Crippen LogP contribution in [0.15, 0.2) is 41.3 Å². The van der Waals surface area contributed by atoms with Crippen LogP contribution in [0.5, 0.6) is 0 Å². The highest BCUT2D eigenvalue weighted by Crippen LogP contribution is 2.27. The number of fused-ring (bicyclic) bond motifs is 1. The van der Waals surface area contributed by atoms with Crippen molar-refractivity contribution >= 4 is 28.6 Å². The smallest absolute Gasteiger partial charge is 0.262 e. The van der Waals surface area contributed by atoms with Gasteiger partial charge >= 0.3 is 0 Å². The Morgan fingerprint density at radius 2 is 1.88 bits per heavy atom. The lowest BCUT2D eigenvalue weighted by Crippen LogP contribution is -2.35. The summed E-state index contributed by atoms with van der Waals surface area (Å²) in [6.07, 6.45) is 3.92. The number of H-pyrrole nitrogens is 1. The van der Waals surface area contributed by atoms with Gasteiger partial charge in [-0.05, 0) is 48.1 Å². The van der Waals surface area contributed by atoms with E-state index in [1.165, 1.54) is 0 Å². The summed E-state index contributed by atoms with van der Waals surface area (Å²) in [5.41, 5.74) is 2.05. The number of aromatic amines is 1. The normalized spacial score (nSPS) is 15.7. The Hall–Kier alpha value is -2.40. The van der Waals surface area contributed by atoms with E-state index in [2.05, 4.69) is 26.8 Å². The first-order valence-electron chi connectivity index (χ1n) is 8.52. The van der Waals surface area contributed by atoms with E-state index in [0.29, 0.717) is 22.0 Å². The summed E-state index contributed by atoms with van der Waals surface area (Å²) in [7, 11) is 0. The highest BCUT2D eigenvalue weighted by Gasteiger charge is 2.19. The maximum absolute atomic E-state index is 12.8. The SMILES string of the molecule is CC1CCN(c2nc3nccc(-c4ccc(Cl)cc4)c3c(=O)[nH]2)CC1. The molecule has 2 aromatic heterocycles. The maximum atomic E-state index is 12.8. The third-order valence-corrected chi connectivity index (χ3v) is 5.09. The van der Waals surface area contributed by atoms with E-state index >= 15 is 0 Å². The van der Waals surface area contributed by atoms with Crippen molar-refractivity contribution in [1.82, 2.24) is 15.0 Å². The van der Waals surface area contributed by atoms with Gasteiger partial charge in [0.2, 0.25) is 5.95 Å². The zero-order valence-corrected chi connectivity index (χ0v) is 14.8. The number of piperidine rings is 1. The Kier molecular flexibility index (Phi) is 4.17. The monoisotopic (exact) mass is 354 g/mol. The second-order valence-corrected chi connectivity index (χ2v) is 7.06. The molecule has 128 valence electrons. The molecule has 4 rings (SSSR count). The molecule has 0 radical (unpaired) electrons. The molecular formula is C19H19ClN4O. The molecule has 0 aliphatic carbocycles. The van der Waals surface area contributed by atoms with Crippen molar-refractivity contribution < 1.29 is 0 Å². The molecule has 0 bridgehead atoms. The van der Waals surface area contributed by atoms with E-state index in [1.54, 1.807) is 6.20 Å². The molecule has 3 aromatic rings. The Labute approximate surface area is 150 Å². The lowest BCUT2D eigenvalue weighted by atomic mass is 10.00. The number of hydrogen-bond acceptors (Lipinski definition) is 4. The molecule has 0 spiro atoms. The molecule has 1 aromatic carbocycles. The molecule has 6 heteroatoms. The standard InChI is InChI=1S/C19H19ClN4O/c1-12-7-10-24(11-8-12)19-22-17-16(18(25)23-19)15(6-9-21-17)13-2-4-14(20)5-3-13/h2-6,9,12H,7-8,10-11H2,1H3,(H,21,22,23,25). The number of anilines is 1. The topological polar surface area (TPSA) is 61.9 Å². The predicted molar refractivity (Wildman–Crippen MR) is 101 cm³/mol. The Morgan fingerprint density at radius 1 is 1.16 bits per heavy atom. The van der Waals surface area contributed by atoms with Crippen LogP contribution in [0.1, 0.15) is 19.8 Å². The number of rotatable bonds is 2. The lowest BCUT2D eigenvalue weighted by Gasteiger charge is -2.30. The molecule has 1 aliphatic heterocycles. The van der Waals surface area contributed by atoms with Crippen LogP contribution in [0.4, 0.5) is 5.95 Å². The summed E-state index contributed by atoms with van der Waals surface area (Å²) in [4.78, 5) is 26.8. The van der Waals surface area contributed by atoms with Crippen molar-refractivity contribution in [2.75, 3.05) is 18.0 Å². The van der Waals surface area contributed by atoms with Crippen molar-refractivity contribution in [3.05, 3.63) is 51.9 Å². The van der Waals surface area contributed by atoms with Crippen molar-refractivity contribution in [3.8, 4) is 11.1 Å². The molecule has 0 saturated carbocycles. The summed E-state index contributed by atoms with van der Waals surface area (Å²) < 4.78 is 0. The van der Waals surface area contributed by atoms with E-state index in [9.17, 15) is 4.79 Å². The second kappa shape index (κ2) is 6.48. The van der Waals surface area contributed by atoms with E-state index in [4.69, 9.17) is 11.6 Å². The minimum Gasteiger partial charge on any atom is -0.342 e. The number of nitrogens with zero attached hydrogens (tertiary/aromatic N) is 3. The zero-order valence-electron chi connectivity index (χ0n) is 14.0. The summed E-state index contributed by atoms with van der Waals surface area (Å²) in [5.74, 6) is 1.34. The summed E-state index contributed by atoms with van der Waals surface area (Å²) in [5, 5.41) is 1.18. The van der Waals surface area contributed by atoms with Crippen molar-refractivity contribution in [1.29, 1.82) is 0 Å². The van der Waals surface area contributed by atoms with Crippen LogP contribution < -0.4 is 10.5 Å². The van der Waals surface area contributed by atoms with Gasteiger partial charge in [0.1, 0.15) is 0 Å². The number of nitrogens with one attached hydrogen (secondary N) is 1. The van der Waals surface area contributed by atoms with E-state index < -0.39 is 0 Å². The summed E-state index contributed by atoms with van der Waals surface area (Å²) >= 11 is 5.97. The zero-order chi connectivity index (χ0) is 17.4. The highest BCUT2D eigenvalue weighted by atomic mass is 35.5. The first kappa shape index (κ1) is 16.1. The van der Waals surface area contributed by atoms with Gasteiger partial charge in [0.05, 0.1) is 5.39 Å². The number of benzene rings is 1. The summed E-state index contributed by atoms with van der Waals surface area (Å²) in [6, 6.07) is 9.26. The van der Waals surface area contributed by atoms with Crippen LogP contribution in [-0.4, -0.2) is 28.0 Å². The van der Waals surface area contributed by atoms with Gasteiger partial charge in [0, 0.05) is 24.3 Å². The van der Waals surface area contributed by atoms with Crippen LogP contribution in [0, 0.1) is 5.92 Å². The molecule has 1 fully saturated rings. The molecule has 25 heavy (non-hydrogen) atoms. The minimum atomic E-state index is -0.156. The van der Waals surface area contributed by atoms with E-state index in [1.807, 2.05) is 30.3 Å². The average molecular weight is 355 g/mol. The van der Waals surface area contributed by atoms with Crippen molar-refractivity contribution in [3.63, 3.8) is 0 Å². The largest absolute Gasteiger partial charge is 0.342 e. The molecule has 1 N–H and O–H groups in total. The third kappa shape index (κ3) is 3.12. The number of pyridine rings is 1. The van der Waals surface area contributed by atoms with Crippen LogP contribution in [0.3, 0.4) is 0 Å². The molecule has 0 amide bonds. The number of hydrogen-bond donors (Lipinski definition) is 1. The predicted octanol–water partition coefficient (Wildman–Crippen LogP) is 3.87. The van der Waals surface area contributed by atoms with Gasteiger partial charge in [-0.2, -0.15) is 4.98 Å². The molecule has 3 heterocycles. The van der Waals surface area contributed by atoms with Gasteiger partial charge in [-0.15, -0.1) is 0 Å². The van der Waals surface area contributed by atoms with Crippen LogP contribution in [-0.2, 0) is 0 Å². The Morgan fingerprint density at radius 3 is 2.60 bits per heavy atom.